The van der Waals surface area contributed by atoms with Crippen LogP contribution in [0.4, 0.5) is 11.5 Å². The highest BCUT2D eigenvalue weighted by Crippen LogP contribution is 2.26. The lowest BCUT2D eigenvalue weighted by atomic mass is 10.1. The molecule has 0 unspecified atom stereocenters. The fourth-order valence-corrected chi connectivity index (χ4v) is 3.54. The Kier molecular flexibility index (Phi) is 4.90. The van der Waals surface area contributed by atoms with Gasteiger partial charge in [-0.05, 0) is 12.1 Å². The van der Waals surface area contributed by atoms with Crippen LogP contribution in [-0.2, 0) is 4.74 Å². The number of hydrogen-bond acceptors (Lipinski definition) is 6. The molecule has 0 spiro atoms. The first kappa shape index (κ1) is 16.7. The highest BCUT2D eigenvalue weighted by molar-refractivity contribution is 7.12. The summed E-state index contributed by atoms with van der Waals surface area (Å²) in [4.78, 5) is 24.2. The molecule has 1 amide bonds. The Hall–Kier alpha value is -2.77. The third-order valence-corrected chi connectivity index (χ3v) is 4.99. The predicted octanol–water partition coefficient (Wildman–Crippen LogP) is 3.29. The second kappa shape index (κ2) is 7.63. The first-order valence-electron chi connectivity index (χ1n) is 8.40. The van der Waals surface area contributed by atoms with Crippen LogP contribution in [0.1, 0.15) is 9.67 Å². The molecule has 1 aliphatic heterocycles. The van der Waals surface area contributed by atoms with Gasteiger partial charge in [0.15, 0.2) is 0 Å². The van der Waals surface area contributed by atoms with E-state index in [1.54, 1.807) is 11.7 Å². The molecule has 0 radical (unpaired) electrons. The van der Waals surface area contributed by atoms with Crippen molar-refractivity contribution >= 4 is 28.7 Å². The van der Waals surface area contributed by atoms with Crippen LogP contribution in [0.25, 0.3) is 11.3 Å². The van der Waals surface area contributed by atoms with Crippen molar-refractivity contribution in [1.82, 2.24) is 9.97 Å². The predicted molar refractivity (Wildman–Crippen MR) is 103 cm³/mol. The largest absolute Gasteiger partial charge is 0.378 e. The minimum atomic E-state index is -0.174. The van der Waals surface area contributed by atoms with E-state index in [2.05, 4.69) is 20.2 Å². The maximum absolute atomic E-state index is 12.7. The van der Waals surface area contributed by atoms with Crippen molar-refractivity contribution in [2.75, 3.05) is 36.5 Å². The fourth-order valence-electron chi connectivity index (χ4n) is 2.84. The number of aromatic nitrogens is 2. The SMILES string of the molecule is O=C(Nc1ccc(N2CCOCC2)nc1)c1scnc1-c1ccccc1. The summed E-state index contributed by atoms with van der Waals surface area (Å²) in [6.45, 7) is 3.10. The molecule has 3 aromatic rings. The summed E-state index contributed by atoms with van der Waals surface area (Å²) in [6, 6.07) is 13.5. The van der Waals surface area contributed by atoms with Gasteiger partial charge >= 0.3 is 0 Å². The number of hydrogen-bond donors (Lipinski definition) is 1. The Bertz CT molecular complexity index is 874. The number of thiazole rings is 1. The quantitative estimate of drug-likeness (QED) is 0.767. The summed E-state index contributed by atoms with van der Waals surface area (Å²) in [5.41, 5.74) is 3.99. The summed E-state index contributed by atoms with van der Waals surface area (Å²) in [6.07, 6.45) is 1.69. The van der Waals surface area contributed by atoms with Gasteiger partial charge in [0, 0.05) is 18.7 Å². The van der Waals surface area contributed by atoms with Crippen LogP contribution in [0.2, 0.25) is 0 Å². The zero-order chi connectivity index (χ0) is 17.8. The van der Waals surface area contributed by atoms with Crippen molar-refractivity contribution in [3.05, 3.63) is 59.0 Å². The van der Waals surface area contributed by atoms with E-state index in [1.807, 2.05) is 42.5 Å². The van der Waals surface area contributed by atoms with Gasteiger partial charge in [0.05, 0.1) is 36.3 Å². The third-order valence-electron chi connectivity index (χ3n) is 4.16. The molecule has 132 valence electrons. The second-order valence-electron chi connectivity index (χ2n) is 5.85. The fraction of sp³-hybridized carbons (Fsp3) is 0.211. The molecule has 7 heteroatoms. The van der Waals surface area contributed by atoms with Gasteiger partial charge in [-0.15, -0.1) is 11.3 Å². The molecule has 1 saturated heterocycles. The molecule has 3 heterocycles. The summed E-state index contributed by atoms with van der Waals surface area (Å²) in [7, 11) is 0. The normalized spacial score (nSPS) is 14.2. The number of ether oxygens (including phenoxy) is 1. The van der Waals surface area contributed by atoms with Crippen LogP contribution in [0, 0.1) is 0 Å². The van der Waals surface area contributed by atoms with Gasteiger partial charge in [-0.25, -0.2) is 9.97 Å². The van der Waals surface area contributed by atoms with E-state index < -0.39 is 0 Å². The molecular weight excluding hydrogens is 348 g/mol. The smallest absolute Gasteiger partial charge is 0.268 e. The highest BCUT2D eigenvalue weighted by Gasteiger charge is 2.17. The molecule has 1 aromatic carbocycles. The molecule has 6 nitrogen and oxygen atoms in total. The van der Waals surface area contributed by atoms with E-state index >= 15 is 0 Å². The Labute approximate surface area is 155 Å². The molecule has 1 aliphatic rings. The number of morpholine rings is 1. The molecule has 0 atom stereocenters. The number of amides is 1. The van der Waals surface area contributed by atoms with Gasteiger partial charge in [-0.2, -0.15) is 0 Å². The molecule has 0 saturated carbocycles. The maximum atomic E-state index is 12.7. The van der Waals surface area contributed by atoms with Crippen molar-refractivity contribution in [2.45, 2.75) is 0 Å². The van der Waals surface area contributed by atoms with Gasteiger partial charge in [-0.1, -0.05) is 30.3 Å². The van der Waals surface area contributed by atoms with Crippen LogP contribution in [-0.4, -0.2) is 42.2 Å². The molecular formula is C19H18N4O2S. The Morgan fingerprint density at radius 1 is 1.08 bits per heavy atom. The zero-order valence-corrected chi connectivity index (χ0v) is 14.9. The minimum absolute atomic E-state index is 0.174. The van der Waals surface area contributed by atoms with Crippen molar-refractivity contribution in [1.29, 1.82) is 0 Å². The number of pyridine rings is 1. The summed E-state index contributed by atoms with van der Waals surface area (Å²) >= 11 is 1.33. The number of nitrogens with zero attached hydrogens (tertiary/aromatic N) is 3. The van der Waals surface area contributed by atoms with Crippen LogP contribution in [0.15, 0.2) is 54.2 Å². The van der Waals surface area contributed by atoms with E-state index in [9.17, 15) is 4.79 Å². The van der Waals surface area contributed by atoms with Gasteiger partial charge in [0.1, 0.15) is 10.7 Å². The van der Waals surface area contributed by atoms with Gasteiger partial charge in [0.2, 0.25) is 0 Å². The Balaban J connectivity index is 1.48. The first-order chi connectivity index (χ1) is 12.8. The Morgan fingerprint density at radius 3 is 2.62 bits per heavy atom. The molecule has 4 rings (SSSR count). The lowest BCUT2D eigenvalue weighted by Crippen LogP contribution is -2.36. The molecule has 1 N–H and O–H groups in total. The summed E-state index contributed by atoms with van der Waals surface area (Å²) < 4.78 is 5.36. The zero-order valence-electron chi connectivity index (χ0n) is 14.1. The van der Waals surface area contributed by atoms with Crippen LogP contribution in [0.5, 0.6) is 0 Å². The molecule has 26 heavy (non-hydrogen) atoms. The monoisotopic (exact) mass is 366 g/mol. The minimum Gasteiger partial charge on any atom is -0.378 e. The number of rotatable bonds is 4. The number of carbonyl (C=O) groups excluding carboxylic acids is 1. The number of anilines is 2. The van der Waals surface area contributed by atoms with Gasteiger partial charge in [0.25, 0.3) is 5.91 Å². The maximum Gasteiger partial charge on any atom is 0.268 e. The van der Waals surface area contributed by atoms with Crippen LogP contribution < -0.4 is 10.2 Å². The lowest BCUT2D eigenvalue weighted by Gasteiger charge is -2.27. The molecule has 0 bridgehead atoms. The van der Waals surface area contributed by atoms with Crippen LogP contribution in [0.3, 0.4) is 0 Å². The first-order valence-corrected chi connectivity index (χ1v) is 9.28. The van der Waals surface area contributed by atoms with Crippen LogP contribution >= 0.6 is 11.3 Å². The topological polar surface area (TPSA) is 67.4 Å². The molecule has 2 aromatic heterocycles. The molecule has 1 fully saturated rings. The van der Waals surface area contributed by atoms with Crippen molar-refractivity contribution in [3.8, 4) is 11.3 Å². The van der Waals surface area contributed by atoms with Crippen molar-refractivity contribution < 1.29 is 9.53 Å². The second-order valence-corrected chi connectivity index (χ2v) is 6.71. The van der Waals surface area contributed by atoms with E-state index in [0.717, 1.165) is 24.5 Å². The summed E-state index contributed by atoms with van der Waals surface area (Å²) in [5.74, 6) is 0.723. The van der Waals surface area contributed by atoms with Crippen molar-refractivity contribution in [3.63, 3.8) is 0 Å². The van der Waals surface area contributed by atoms with Crippen molar-refractivity contribution in [2.24, 2.45) is 0 Å². The number of benzene rings is 1. The van der Waals surface area contributed by atoms with E-state index in [1.165, 1.54) is 11.3 Å². The molecule has 0 aliphatic carbocycles. The van der Waals surface area contributed by atoms with E-state index in [0.29, 0.717) is 29.5 Å². The standard InChI is InChI=1S/C19H18N4O2S/c24-19(18-17(21-13-26-18)14-4-2-1-3-5-14)22-15-6-7-16(20-12-15)23-8-10-25-11-9-23/h1-7,12-13H,8-11H2,(H,22,24). The van der Waals surface area contributed by atoms with Gasteiger partial charge < -0.3 is 15.0 Å². The highest BCUT2D eigenvalue weighted by atomic mass is 32.1. The average Bonchev–Trinajstić information content (AvgIpc) is 3.20. The lowest BCUT2D eigenvalue weighted by molar-refractivity contribution is 0.103. The van der Waals surface area contributed by atoms with E-state index in [4.69, 9.17) is 4.74 Å². The average molecular weight is 366 g/mol. The number of nitrogens with one attached hydrogen (secondary N) is 1. The number of carbonyl (C=O) groups is 1. The van der Waals surface area contributed by atoms with E-state index in [-0.39, 0.29) is 5.91 Å². The Morgan fingerprint density at radius 2 is 1.88 bits per heavy atom. The third kappa shape index (κ3) is 3.58. The summed E-state index contributed by atoms with van der Waals surface area (Å²) in [5, 5.41) is 2.91. The van der Waals surface area contributed by atoms with Gasteiger partial charge in [-0.3, -0.25) is 4.79 Å².